The summed E-state index contributed by atoms with van der Waals surface area (Å²) in [5.74, 6) is -0.887. The standard InChI is InChI=1S/C18H18F3NO5S2/c19-18(20,21)27-16-10-3-4-11-17(16)29(25,26)22-13-6-5-9-15(12-13)28(23,24)14-7-1-2-8-14/h3-6,9-12,14,22H,1-2,7-8H2. The maximum absolute atomic E-state index is 12.7. The molecule has 0 heterocycles. The maximum Gasteiger partial charge on any atom is 0.573 e. The van der Waals surface area contributed by atoms with Crippen LogP contribution in [-0.4, -0.2) is 28.4 Å². The van der Waals surface area contributed by atoms with E-state index < -0.39 is 42.1 Å². The fourth-order valence-electron chi connectivity index (χ4n) is 3.22. The lowest BCUT2D eigenvalue weighted by atomic mass is 10.3. The van der Waals surface area contributed by atoms with Gasteiger partial charge in [0.1, 0.15) is 10.6 Å². The third kappa shape index (κ3) is 5.02. The summed E-state index contributed by atoms with van der Waals surface area (Å²) in [7, 11) is -8.09. The Morgan fingerprint density at radius 2 is 1.59 bits per heavy atom. The number of halogens is 3. The molecule has 2 aromatic rings. The average Bonchev–Trinajstić information content (AvgIpc) is 3.16. The van der Waals surface area contributed by atoms with Gasteiger partial charge in [-0.3, -0.25) is 4.72 Å². The van der Waals surface area contributed by atoms with Gasteiger partial charge in [0.05, 0.1) is 15.8 Å². The van der Waals surface area contributed by atoms with Crippen molar-refractivity contribution in [1.82, 2.24) is 0 Å². The summed E-state index contributed by atoms with van der Waals surface area (Å²) in [6.45, 7) is 0. The van der Waals surface area contributed by atoms with Crippen LogP contribution >= 0.6 is 0 Å². The highest BCUT2D eigenvalue weighted by Crippen LogP contribution is 2.33. The van der Waals surface area contributed by atoms with E-state index in [0.717, 1.165) is 25.0 Å². The Kier molecular flexibility index (Phi) is 5.81. The first-order valence-electron chi connectivity index (χ1n) is 8.71. The Morgan fingerprint density at radius 1 is 0.931 bits per heavy atom. The van der Waals surface area contributed by atoms with Crippen molar-refractivity contribution in [1.29, 1.82) is 0 Å². The summed E-state index contributed by atoms with van der Waals surface area (Å²) in [6.07, 6.45) is -2.36. The number of alkyl halides is 3. The number of hydrogen-bond acceptors (Lipinski definition) is 5. The zero-order valence-corrected chi connectivity index (χ0v) is 16.6. The van der Waals surface area contributed by atoms with E-state index in [0.29, 0.717) is 12.8 Å². The molecule has 0 aromatic heterocycles. The smallest absolute Gasteiger partial charge is 0.404 e. The minimum atomic E-state index is -5.07. The van der Waals surface area contributed by atoms with Crippen LogP contribution in [-0.2, 0) is 19.9 Å². The molecule has 6 nitrogen and oxygen atoms in total. The summed E-state index contributed by atoms with van der Waals surface area (Å²) in [6, 6.07) is 9.51. The third-order valence-corrected chi connectivity index (χ3v) is 8.20. The topological polar surface area (TPSA) is 89.5 Å². The van der Waals surface area contributed by atoms with Crippen LogP contribution in [0.2, 0.25) is 0 Å². The van der Waals surface area contributed by atoms with E-state index in [1.807, 2.05) is 0 Å². The molecular formula is C18H18F3NO5S2. The lowest BCUT2D eigenvalue weighted by Gasteiger charge is -2.15. The lowest BCUT2D eigenvalue weighted by Crippen LogP contribution is -2.21. The molecule has 0 spiro atoms. The average molecular weight is 449 g/mol. The highest BCUT2D eigenvalue weighted by Gasteiger charge is 2.34. The quantitative estimate of drug-likeness (QED) is 0.717. The van der Waals surface area contributed by atoms with Crippen LogP contribution in [0.5, 0.6) is 5.75 Å². The minimum Gasteiger partial charge on any atom is -0.404 e. The van der Waals surface area contributed by atoms with E-state index in [1.165, 1.54) is 36.4 Å². The molecule has 1 aliphatic rings. The molecule has 0 aliphatic heterocycles. The van der Waals surface area contributed by atoms with Crippen LogP contribution in [0.25, 0.3) is 0 Å². The number of rotatable bonds is 6. The Labute approximate surface area is 166 Å². The number of sulfone groups is 1. The monoisotopic (exact) mass is 449 g/mol. The van der Waals surface area contributed by atoms with Crippen molar-refractivity contribution in [3.8, 4) is 5.75 Å². The first-order valence-corrected chi connectivity index (χ1v) is 11.7. The SMILES string of the molecule is O=S(=O)(Nc1cccc(S(=O)(=O)C2CCCC2)c1)c1ccccc1OC(F)(F)F. The molecular weight excluding hydrogens is 431 g/mol. The largest absolute Gasteiger partial charge is 0.573 e. The molecule has 29 heavy (non-hydrogen) atoms. The predicted molar refractivity (Wildman–Crippen MR) is 99.8 cm³/mol. The van der Waals surface area contributed by atoms with Crippen LogP contribution in [0.4, 0.5) is 18.9 Å². The number of sulfonamides is 1. The van der Waals surface area contributed by atoms with Gasteiger partial charge in [-0.15, -0.1) is 13.2 Å². The summed E-state index contributed by atoms with van der Waals surface area (Å²) >= 11 is 0. The van der Waals surface area contributed by atoms with Gasteiger partial charge < -0.3 is 4.74 Å². The van der Waals surface area contributed by atoms with E-state index in [4.69, 9.17) is 0 Å². The zero-order chi connectivity index (χ0) is 21.3. The van der Waals surface area contributed by atoms with Crippen LogP contribution in [0.3, 0.4) is 0 Å². The summed E-state index contributed by atoms with van der Waals surface area (Å²) in [5, 5.41) is -0.518. The molecule has 0 saturated heterocycles. The summed E-state index contributed by atoms with van der Waals surface area (Å²) < 4.78 is 94.3. The fourth-order valence-corrected chi connectivity index (χ4v) is 6.30. The second kappa shape index (κ2) is 7.86. The molecule has 1 saturated carbocycles. The molecule has 1 N–H and O–H groups in total. The molecule has 0 atom stereocenters. The van der Waals surface area contributed by atoms with Gasteiger partial charge in [0, 0.05) is 0 Å². The van der Waals surface area contributed by atoms with Gasteiger partial charge in [-0.25, -0.2) is 16.8 Å². The number of anilines is 1. The van der Waals surface area contributed by atoms with Crippen molar-refractivity contribution in [2.75, 3.05) is 4.72 Å². The predicted octanol–water partition coefficient (Wildman–Crippen LogP) is 4.10. The van der Waals surface area contributed by atoms with Crippen LogP contribution in [0.1, 0.15) is 25.7 Å². The number of para-hydroxylation sites is 1. The van der Waals surface area contributed by atoms with Crippen molar-refractivity contribution in [3.05, 3.63) is 48.5 Å². The maximum atomic E-state index is 12.7. The van der Waals surface area contributed by atoms with Gasteiger partial charge in [-0.1, -0.05) is 31.0 Å². The highest BCUT2D eigenvalue weighted by molar-refractivity contribution is 7.93. The summed E-state index contributed by atoms with van der Waals surface area (Å²) in [4.78, 5) is -0.759. The third-order valence-electron chi connectivity index (χ3n) is 4.52. The Hall–Kier alpha value is -2.27. The lowest BCUT2D eigenvalue weighted by molar-refractivity contribution is -0.275. The van der Waals surface area contributed by atoms with Crippen LogP contribution in [0, 0.1) is 0 Å². The zero-order valence-electron chi connectivity index (χ0n) is 15.0. The second-order valence-corrected chi connectivity index (χ2v) is 10.5. The number of nitrogens with one attached hydrogen (secondary N) is 1. The molecule has 11 heteroatoms. The first kappa shape index (κ1) is 21.4. The van der Waals surface area contributed by atoms with Crippen molar-refractivity contribution in [3.63, 3.8) is 0 Å². The Balaban J connectivity index is 1.91. The summed E-state index contributed by atoms with van der Waals surface area (Å²) in [5.41, 5.74) is -0.0779. The van der Waals surface area contributed by atoms with E-state index in [2.05, 4.69) is 9.46 Å². The number of benzene rings is 2. The van der Waals surface area contributed by atoms with Crippen LogP contribution < -0.4 is 9.46 Å². The Bertz CT molecular complexity index is 1090. The van der Waals surface area contributed by atoms with Gasteiger partial charge in [0.2, 0.25) is 0 Å². The molecule has 0 amide bonds. The molecule has 3 rings (SSSR count). The van der Waals surface area contributed by atoms with Gasteiger partial charge in [0.25, 0.3) is 10.0 Å². The van der Waals surface area contributed by atoms with Crippen molar-refractivity contribution < 1.29 is 34.7 Å². The van der Waals surface area contributed by atoms with Gasteiger partial charge in [-0.05, 0) is 43.2 Å². The van der Waals surface area contributed by atoms with Crippen molar-refractivity contribution in [2.24, 2.45) is 0 Å². The van der Waals surface area contributed by atoms with E-state index in [-0.39, 0.29) is 10.6 Å². The molecule has 2 aromatic carbocycles. The molecule has 1 aliphatic carbocycles. The molecule has 1 fully saturated rings. The van der Waals surface area contributed by atoms with Crippen LogP contribution in [0.15, 0.2) is 58.3 Å². The second-order valence-electron chi connectivity index (χ2n) is 6.58. The van der Waals surface area contributed by atoms with E-state index in [9.17, 15) is 30.0 Å². The Morgan fingerprint density at radius 3 is 2.24 bits per heavy atom. The first-order chi connectivity index (χ1) is 13.5. The van der Waals surface area contributed by atoms with Gasteiger partial charge >= 0.3 is 6.36 Å². The fraction of sp³-hybridized carbons (Fsp3) is 0.333. The van der Waals surface area contributed by atoms with Gasteiger partial charge in [0.15, 0.2) is 9.84 Å². The minimum absolute atomic E-state index is 0.0376. The normalized spacial score (nSPS) is 16.0. The van der Waals surface area contributed by atoms with E-state index >= 15 is 0 Å². The van der Waals surface area contributed by atoms with E-state index in [1.54, 1.807) is 0 Å². The molecule has 0 unspecified atom stereocenters. The molecule has 0 bridgehead atoms. The number of ether oxygens (including phenoxy) is 1. The van der Waals surface area contributed by atoms with Crippen molar-refractivity contribution in [2.45, 2.75) is 47.1 Å². The molecule has 158 valence electrons. The highest BCUT2D eigenvalue weighted by atomic mass is 32.2. The number of hydrogen-bond donors (Lipinski definition) is 1. The van der Waals surface area contributed by atoms with Crippen molar-refractivity contribution >= 4 is 25.5 Å². The molecule has 0 radical (unpaired) electrons. The van der Waals surface area contributed by atoms with Gasteiger partial charge in [-0.2, -0.15) is 0 Å².